The molecule has 4 aromatic rings. The molecule has 6 nitrogen and oxygen atoms in total. The van der Waals surface area contributed by atoms with Crippen LogP contribution in [-0.4, -0.2) is 22.2 Å². The minimum absolute atomic E-state index is 0.0941. The van der Waals surface area contributed by atoms with Gasteiger partial charge in [-0.3, -0.25) is 9.36 Å². The predicted molar refractivity (Wildman–Crippen MR) is 154 cm³/mol. The number of ether oxygens (including phenoxy) is 1. The monoisotopic (exact) mass is 692 g/mol. The predicted octanol–water partition coefficient (Wildman–Crippen LogP) is 5.07. The van der Waals surface area contributed by atoms with Gasteiger partial charge in [0.05, 0.1) is 26.0 Å². The molecule has 2 aromatic carbocycles. The van der Waals surface area contributed by atoms with Crippen molar-refractivity contribution in [2.24, 2.45) is 4.99 Å². The fourth-order valence-electron chi connectivity index (χ4n) is 3.99. The summed E-state index contributed by atoms with van der Waals surface area (Å²) in [6, 6.07) is 16.1. The number of hydrogen-bond acceptors (Lipinski definition) is 7. The summed E-state index contributed by atoms with van der Waals surface area (Å²) in [6.45, 7) is 1.95. The van der Waals surface area contributed by atoms with E-state index in [-0.39, 0.29) is 17.9 Å². The third-order valence-electron chi connectivity index (χ3n) is 5.53. The van der Waals surface area contributed by atoms with Crippen molar-refractivity contribution in [1.29, 1.82) is 0 Å². The van der Waals surface area contributed by atoms with Gasteiger partial charge in [0.25, 0.3) is 5.56 Å². The van der Waals surface area contributed by atoms with Crippen molar-refractivity contribution in [2.75, 3.05) is 6.61 Å². The fourth-order valence-corrected chi connectivity index (χ4v) is 7.36. The van der Waals surface area contributed by atoms with Gasteiger partial charge in [-0.2, -0.15) is 0 Å². The lowest BCUT2D eigenvalue weighted by Gasteiger charge is -2.24. The molecule has 0 saturated heterocycles. The fraction of sp³-hybridized carbons (Fsp3) is 0.115. The second-order valence-corrected chi connectivity index (χ2v) is 11.8. The minimum Gasteiger partial charge on any atom is -0.506 e. The van der Waals surface area contributed by atoms with Crippen LogP contribution in [0.25, 0.3) is 11.8 Å². The summed E-state index contributed by atoms with van der Waals surface area (Å²) in [4.78, 5) is 33.2. The van der Waals surface area contributed by atoms with Crippen molar-refractivity contribution in [3.63, 3.8) is 0 Å². The van der Waals surface area contributed by atoms with Crippen molar-refractivity contribution in [1.82, 2.24) is 4.57 Å². The molecule has 0 saturated carbocycles. The molecular formula is C26H18BrIN2O4S2. The molecule has 3 heterocycles. The van der Waals surface area contributed by atoms with E-state index in [1.54, 1.807) is 29.7 Å². The number of hydrogen-bond donors (Lipinski definition) is 1. The lowest BCUT2D eigenvalue weighted by atomic mass is 9.97. The first-order valence-electron chi connectivity index (χ1n) is 10.9. The highest BCUT2D eigenvalue weighted by molar-refractivity contribution is 14.1. The summed E-state index contributed by atoms with van der Waals surface area (Å²) in [5.41, 5.74) is 1.79. The minimum atomic E-state index is -0.686. The van der Waals surface area contributed by atoms with Gasteiger partial charge in [0.2, 0.25) is 0 Å². The van der Waals surface area contributed by atoms with E-state index in [1.807, 2.05) is 70.4 Å². The molecule has 0 radical (unpaired) electrons. The molecule has 0 aliphatic carbocycles. The zero-order valence-electron chi connectivity index (χ0n) is 18.8. The number of thiazole rings is 1. The molecule has 10 heteroatoms. The number of aromatic hydroxyl groups is 1. The smallest absolute Gasteiger partial charge is 0.338 e. The zero-order chi connectivity index (χ0) is 25.4. The Kier molecular flexibility index (Phi) is 7.29. The molecule has 1 aliphatic heterocycles. The van der Waals surface area contributed by atoms with Crippen LogP contribution in [0.1, 0.15) is 29.0 Å². The van der Waals surface area contributed by atoms with Crippen LogP contribution in [0.5, 0.6) is 5.75 Å². The molecular weight excluding hydrogens is 675 g/mol. The van der Waals surface area contributed by atoms with Crippen LogP contribution < -0.4 is 14.9 Å². The first-order chi connectivity index (χ1) is 17.4. The highest BCUT2D eigenvalue weighted by Crippen LogP contribution is 2.37. The van der Waals surface area contributed by atoms with E-state index in [9.17, 15) is 14.7 Å². The van der Waals surface area contributed by atoms with Crippen molar-refractivity contribution in [2.45, 2.75) is 13.0 Å². The van der Waals surface area contributed by atoms with Crippen LogP contribution >= 0.6 is 61.2 Å². The zero-order valence-corrected chi connectivity index (χ0v) is 24.2. The molecule has 0 fully saturated rings. The Morgan fingerprint density at radius 1 is 1.25 bits per heavy atom. The van der Waals surface area contributed by atoms with E-state index >= 15 is 0 Å². The number of thiophene rings is 1. The summed E-state index contributed by atoms with van der Waals surface area (Å²) in [5, 5.41) is 12.5. The number of aromatic nitrogens is 1. The first kappa shape index (κ1) is 25.1. The molecule has 0 bridgehead atoms. The van der Waals surface area contributed by atoms with E-state index in [0.717, 1.165) is 14.9 Å². The molecule has 5 rings (SSSR count). The first-order valence-corrected chi connectivity index (χ1v) is 14.5. The van der Waals surface area contributed by atoms with Crippen molar-refractivity contribution in [3.05, 3.63) is 109 Å². The van der Waals surface area contributed by atoms with Crippen molar-refractivity contribution in [3.8, 4) is 5.75 Å². The van der Waals surface area contributed by atoms with Gasteiger partial charge in [0, 0.05) is 20.5 Å². The van der Waals surface area contributed by atoms with E-state index in [1.165, 1.54) is 22.7 Å². The molecule has 1 aliphatic rings. The maximum Gasteiger partial charge on any atom is 0.338 e. The second kappa shape index (κ2) is 10.4. The van der Waals surface area contributed by atoms with Crippen LogP contribution in [0.15, 0.2) is 79.8 Å². The molecule has 0 spiro atoms. The summed E-state index contributed by atoms with van der Waals surface area (Å²) in [7, 11) is 0. The number of phenolic OH excluding ortho intramolecular Hbond substituents is 1. The quantitative estimate of drug-likeness (QED) is 0.234. The number of halogens is 2. The summed E-state index contributed by atoms with van der Waals surface area (Å²) < 4.78 is 8.86. The molecule has 0 unspecified atom stereocenters. The number of phenols is 1. The van der Waals surface area contributed by atoms with Crippen LogP contribution in [0, 0.1) is 3.57 Å². The maximum atomic E-state index is 13.8. The van der Waals surface area contributed by atoms with Crippen LogP contribution in [-0.2, 0) is 9.53 Å². The van der Waals surface area contributed by atoms with Gasteiger partial charge in [-0.15, -0.1) is 11.3 Å². The lowest BCUT2D eigenvalue weighted by Crippen LogP contribution is -2.39. The van der Waals surface area contributed by atoms with Gasteiger partial charge in [0.1, 0.15) is 11.8 Å². The number of rotatable bonds is 5. The standard InChI is InChI=1S/C26H18BrIN2O4S2/c1-2-34-25(33)20-21(14-7-4-3-5-8-14)29-26-30(22(20)18-9-6-10-35-18)24(32)19(36-26)12-15-11-16(27)13-17(28)23(15)31/h3-13,22,31H,2H2,1H3/b19-12+/t22-/m1/s1. The number of benzene rings is 2. The SMILES string of the molecule is CCOC(=O)C1=C(c2ccccc2)N=c2s/c(=C/c3cc(Br)cc(I)c3O)c(=O)n2[C@@H]1c1cccs1. The largest absolute Gasteiger partial charge is 0.506 e. The Balaban J connectivity index is 1.83. The maximum absolute atomic E-state index is 13.8. The number of nitrogens with zero attached hydrogens (tertiary/aromatic N) is 2. The van der Waals surface area contributed by atoms with Crippen LogP contribution in [0.2, 0.25) is 0 Å². The average molecular weight is 693 g/mol. The topological polar surface area (TPSA) is 80.9 Å². The molecule has 0 amide bonds. The Morgan fingerprint density at radius 2 is 2.03 bits per heavy atom. The van der Waals surface area contributed by atoms with E-state index in [0.29, 0.717) is 29.7 Å². The number of carbonyl (C=O) groups excluding carboxylic acids is 1. The Morgan fingerprint density at radius 3 is 2.72 bits per heavy atom. The molecule has 1 N–H and O–H groups in total. The van der Waals surface area contributed by atoms with E-state index in [4.69, 9.17) is 9.73 Å². The number of carbonyl (C=O) groups is 1. The van der Waals surface area contributed by atoms with Gasteiger partial charge < -0.3 is 9.84 Å². The molecule has 36 heavy (non-hydrogen) atoms. The van der Waals surface area contributed by atoms with E-state index < -0.39 is 12.0 Å². The van der Waals surface area contributed by atoms with Gasteiger partial charge >= 0.3 is 5.97 Å². The van der Waals surface area contributed by atoms with Gasteiger partial charge in [-0.25, -0.2) is 9.79 Å². The summed E-state index contributed by atoms with van der Waals surface area (Å²) >= 11 is 8.18. The number of fused-ring (bicyclic) bond motifs is 1. The molecule has 182 valence electrons. The van der Waals surface area contributed by atoms with Crippen molar-refractivity contribution < 1.29 is 14.6 Å². The van der Waals surface area contributed by atoms with Gasteiger partial charge in [-0.05, 0) is 59.2 Å². The average Bonchev–Trinajstić information content (AvgIpc) is 3.50. The number of esters is 1. The third-order valence-corrected chi connectivity index (χ3v) is 8.72. The summed E-state index contributed by atoms with van der Waals surface area (Å²) in [5.74, 6) is -0.413. The van der Waals surface area contributed by atoms with Gasteiger partial charge in [-0.1, -0.05) is 63.7 Å². The highest BCUT2D eigenvalue weighted by atomic mass is 127. The third kappa shape index (κ3) is 4.62. The Hall–Kier alpha value is -2.54. The Labute approximate surface area is 236 Å². The molecule has 1 atom stereocenters. The molecule has 2 aromatic heterocycles. The summed E-state index contributed by atoms with van der Waals surface area (Å²) in [6.07, 6.45) is 1.66. The normalized spacial score (nSPS) is 15.5. The van der Waals surface area contributed by atoms with Crippen molar-refractivity contribution >= 4 is 78.9 Å². The van der Waals surface area contributed by atoms with Crippen LogP contribution in [0.3, 0.4) is 0 Å². The highest BCUT2D eigenvalue weighted by Gasteiger charge is 2.35. The Bertz CT molecular complexity index is 1680. The van der Waals surface area contributed by atoms with E-state index in [2.05, 4.69) is 15.9 Å². The van der Waals surface area contributed by atoms with Crippen LogP contribution in [0.4, 0.5) is 0 Å². The lowest BCUT2D eigenvalue weighted by molar-refractivity contribution is -0.138. The van der Waals surface area contributed by atoms with Gasteiger partial charge in [0.15, 0.2) is 4.80 Å². The second-order valence-electron chi connectivity index (χ2n) is 7.77.